The van der Waals surface area contributed by atoms with Crippen LogP contribution in [0.2, 0.25) is 0 Å². The molecule has 0 spiro atoms. The summed E-state index contributed by atoms with van der Waals surface area (Å²) in [4.78, 5) is 14.4. The summed E-state index contributed by atoms with van der Waals surface area (Å²) in [6, 6.07) is 7.50. The molecule has 1 aliphatic heterocycles. The van der Waals surface area contributed by atoms with Crippen molar-refractivity contribution in [3.8, 4) is 5.75 Å². The minimum absolute atomic E-state index is 0.0158. The van der Waals surface area contributed by atoms with Crippen molar-refractivity contribution in [2.75, 3.05) is 6.61 Å². The van der Waals surface area contributed by atoms with E-state index in [2.05, 4.69) is 19.9 Å². The Balaban J connectivity index is 1.74. The normalized spacial score (nSPS) is 17.4. The molecule has 0 amide bonds. The molecule has 3 aromatic rings. The minimum Gasteiger partial charge on any atom is -0.492 e. The standard InChI is InChI=1S/C16H11F3N4O/c17-16(18,19)11-6-21-15-13(11)14(22-8-23-15)20-5-9-7-24-12-4-2-1-3-10(9)12/h1-6,8-9H,7H2,(H,21,22,23)/b20-5-. The predicted molar refractivity (Wildman–Crippen MR) is 81.7 cm³/mol. The average Bonchev–Trinajstić information content (AvgIpc) is 3.17. The van der Waals surface area contributed by atoms with Crippen LogP contribution in [0.1, 0.15) is 17.0 Å². The molecular formula is C16H11F3N4O. The number of nitrogens with zero attached hydrogens (tertiary/aromatic N) is 3. The molecule has 0 radical (unpaired) electrons. The first-order chi connectivity index (χ1) is 11.5. The molecule has 3 heterocycles. The molecular weight excluding hydrogens is 321 g/mol. The summed E-state index contributed by atoms with van der Waals surface area (Å²) in [6.07, 6.45) is -0.867. The molecule has 0 saturated heterocycles. The van der Waals surface area contributed by atoms with Crippen LogP contribution in [0.3, 0.4) is 0 Å². The van der Waals surface area contributed by atoms with Gasteiger partial charge in [0, 0.05) is 18.0 Å². The molecule has 1 unspecified atom stereocenters. The molecule has 0 fully saturated rings. The molecule has 5 nitrogen and oxygen atoms in total. The van der Waals surface area contributed by atoms with Crippen molar-refractivity contribution >= 4 is 23.1 Å². The fraction of sp³-hybridized carbons (Fsp3) is 0.188. The van der Waals surface area contributed by atoms with Crippen molar-refractivity contribution in [3.63, 3.8) is 0 Å². The van der Waals surface area contributed by atoms with Gasteiger partial charge in [0.05, 0.1) is 16.9 Å². The van der Waals surface area contributed by atoms with Gasteiger partial charge < -0.3 is 9.72 Å². The number of aromatic amines is 1. The van der Waals surface area contributed by atoms with Gasteiger partial charge in [-0.15, -0.1) is 0 Å². The van der Waals surface area contributed by atoms with E-state index in [9.17, 15) is 13.2 Å². The lowest BCUT2D eigenvalue weighted by atomic mass is 10.0. The molecule has 24 heavy (non-hydrogen) atoms. The second kappa shape index (κ2) is 5.33. The summed E-state index contributed by atoms with van der Waals surface area (Å²) in [5, 5.41) is -0.131. The first-order valence-electron chi connectivity index (χ1n) is 7.19. The number of hydrogen-bond donors (Lipinski definition) is 1. The third-order valence-corrected chi connectivity index (χ3v) is 3.87. The zero-order chi connectivity index (χ0) is 16.7. The maximum atomic E-state index is 13.1. The van der Waals surface area contributed by atoms with E-state index >= 15 is 0 Å². The highest BCUT2D eigenvalue weighted by Gasteiger charge is 2.35. The summed E-state index contributed by atoms with van der Waals surface area (Å²) in [6.45, 7) is 0.399. The van der Waals surface area contributed by atoms with Crippen LogP contribution in [-0.4, -0.2) is 27.8 Å². The highest BCUT2D eigenvalue weighted by molar-refractivity contribution is 5.91. The van der Waals surface area contributed by atoms with Crippen molar-refractivity contribution in [2.45, 2.75) is 12.1 Å². The second-order valence-electron chi connectivity index (χ2n) is 5.35. The van der Waals surface area contributed by atoms with Crippen LogP contribution in [0.4, 0.5) is 19.0 Å². The minimum atomic E-state index is -4.50. The molecule has 1 aromatic carbocycles. The number of nitrogens with one attached hydrogen (secondary N) is 1. The van der Waals surface area contributed by atoms with Crippen LogP contribution in [0, 0.1) is 0 Å². The van der Waals surface area contributed by atoms with E-state index in [4.69, 9.17) is 4.74 Å². The van der Waals surface area contributed by atoms with Gasteiger partial charge in [0.25, 0.3) is 0 Å². The van der Waals surface area contributed by atoms with E-state index in [1.165, 1.54) is 6.33 Å². The number of halogens is 3. The molecule has 4 rings (SSSR count). The van der Waals surface area contributed by atoms with Gasteiger partial charge in [-0.1, -0.05) is 18.2 Å². The van der Waals surface area contributed by atoms with Gasteiger partial charge in [0.2, 0.25) is 0 Å². The van der Waals surface area contributed by atoms with Crippen molar-refractivity contribution in [3.05, 3.63) is 47.9 Å². The first kappa shape index (κ1) is 14.7. The number of aromatic nitrogens is 3. The van der Waals surface area contributed by atoms with Gasteiger partial charge >= 0.3 is 6.18 Å². The van der Waals surface area contributed by atoms with Crippen LogP contribution >= 0.6 is 0 Å². The first-order valence-corrected chi connectivity index (χ1v) is 7.19. The maximum Gasteiger partial charge on any atom is 0.418 e. The Morgan fingerprint density at radius 1 is 1.25 bits per heavy atom. The van der Waals surface area contributed by atoms with Gasteiger partial charge in [0.15, 0.2) is 5.82 Å². The van der Waals surface area contributed by atoms with Crippen molar-refractivity contribution in [2.24, 2.45) is 4.99 Å². The smallest absolute Gasteiger partial charge is 0.418 e. The number of H-pyrrole nitrogens is 1. The van der Waals surface area contributed by atoms with Crippen LogP contribution < -0.4 is 4.74 Å². The van der Waals surface area contributed by atoms with Gasteiger partial charge in [-0.3, -0.25) is 0 Å². The number of rotatable bonds is 2. The molecule has 0 saturated carbocycles. The van der Waals surface area contributed by atoms with E-state index in [0.717, 1.165) is 17.5 Å². The molecule has 0 aliphatic carbocycles. The highest BCUT2D eigenvalue weighted by atomic mass is 19.4. The van der Waals surface area contributed by atoms with Gasteiger partial charge in [-0.05, 0) is 6.07 Å². The predicted octanol–water partition coefficient (Wildman–Crippen LogP) is 3.86. The quantitative estimate of drug-likeness (QED) is 0.725. The number of ether oxygens (including phenoxy) is 1. The number of benzene rings is 1. The second-order valence-corrected chi connectivity index (χ2v) is 5.35. The summed E-state index contributed by atoms with van der Waals surface area (Å²) >= 11 is 0. The largest absolute Gasteiger partial charge is 0.492 e. The maximum absolute atomic E-state index is 13.1. The number of para-hydroxylation sites is 1. The van der Waals surface area contributed by atoms with Crippen LogP contribution in [0.15, 0.2) is 41.8 Å². The lowest BCUT2D eigenvalue weighted by molar-refractivity contribution is -0.136. The zero-order valence-corrected chi connectivity index (χ0v) is 12.2. The number of fused-ring (bicyclic) bond motifs is 2. The summed E-state index contributed by atoms with van der Waals surface area (Å²) < 4.78 is 44.9. The Morgan fingerprint density at radius 2 is 2.08 bits per heavy atom. The number of alkyl halides is 3. The topological polar surface area (TPSA) is 63.2 Å². The molecule has 0 bridgehead atoms. The molecule has 8 heteroatoms. The molecule has 1 N–H and O–H groups in total. The lowest BCUT2D eigenvalue weighted by Crippen LogP contribution is -2.04. The van der Waals surface area contributed by atoms with Gasteiger partial charge in [-0.2, -0.15) is 13.2 Å². The molecule has 1 aliphatic rings. The fourth-order valence-electron chi connectivity index (χ4n) is 2.74. The Hall–Kier alpha value is -2.90. The summed E-state index contributed by atoms with van der Waals surface area (Å²) in [5.41, 5.74) is 0.234. The van der Waals surface area contributed by atoms with Crippen molar-refractivity contribution < 1.29 is 17.9 Å². The lowest BCUT2D eigenvalue weighted by Gasteiger charge is -2.05. The SMILES string of the molecule is FC(F)(F)c1c[nH]c2ncnc(/N=C\C3COc4ccccc43)c12. The summed E-state index contributed by atoms with van der Waals surface area (Å²) in [7, 11) is 0. The zero-order valence-electron chi connectivity index (χ0n) is 12.2. The van der Waals surface area contributed by atoms with Crippen LogP contribution in [0.5, 0.6) is 5.75 Å². The van der Waals surface area contributed by atoms with E-state index < -0.39 is 11.7 Å². The van der Waals surface area contributed by atoms with Crippen LogP contribution in [-0.2, 0) is 6.18 Å². The van der Waals surface area contributed by atoms with E-state index in [0.29, 0.717) is 6.61 Å². The van der Waals surface area contributed by atoms with Gasteiger partial charge in [-0.25, -0.2) is 15.0 Å². The Morgan fingerprint density at radius 3 is 2.92 bits per heavy atom. The third-order valence-electron chi connectivity index (χ3n) is 3.87. The Labute approximate surface area is 134 Å². The van der Waals surface area contributed by atoms with Crippen molar-refractivity contribution in [1.29, 1.82) is 0 Å². The highest BCUT2D eigenvalue weighted by Crippen LogP contribution is 2.38. The van der Waals surface area contributed by atoms with Gasteiger partial charge in [0.1, 0.15) is 24.3 Å². The van der Waals surface area contributed by atoms with Crippen molar-refractivity contribution in [1.82, 2.24) is 15.0 Å². The Kier molecular flexibility index (Phi) is 3.26. The fourth-order valence-corrected chi connectivity index (χ4v) is 2.74. The van der Waals surface area contributed by atoms with E-state index in [-0.39, 0.29) is 22.8 Å². The third kappa shape index (κ3) is 2.40. The number of hydrogen-bond acceptors (Lipinski definition) is 4. The monoisotopic (exact) mass is 332 g/mol. The average molecular weight is 332 g/mol. The molecule has 122 valence electrons. The van der Waals surface area contributed by atoms with E-state index in [1.807, 2.05) is 24.3 Å². The molecule has 1 atom stereocenters. The number of aliphatic imine (C=N–C) groups is 1. The summed E-state index contributed by atoms with van der Waals surface area (Å²) in [5.74, 6) is 0.622. The Bertz CT molecular complexity index is 932. The van der Waals surface area contributed by atoms with E-state index in [1.54, 1.807) is 6.21 Å². The molecule has 2 aromatic heterocycles. The van der Waals surface area contributed by atoms with Crippen LogP contribution in [0.25, 0.3) is 11.0 Å².